The van der Waals surface area contributed by atoms with Gasteiger partial charge < -0.3 is 14.3 Å². The van der Waals surface area contributed by atoms with Crippen molar-refractivity contribution in [2.75, 3.05) is 0 Å². The molecule has 22 heavy (non-hydrogen) atoms. The molecule has 6 heteroatoms. The average Bonchev–Trinajstić information content (AvgIpc) is 2.98. The van der Waals surface area contributed by atoms with E-state index in [-0.39, 0.29) is 11.7 Å². The van der Waals surface area contributed by atoms with E-state index < -0.39 is 5.97 Å². The van der Waals surface area contributed by atoms with Crippen LogP contribution in [0, 0.1) is 0 Å². The highest BCUT2D eigenvalue weighted by atomic mass is 16.4. The van der Waals surface area contributed by atoms with Crippen LogP contribution in [0.25, 0.3) is 0 Å². The Labute approximate surface area is 126 Å². The number of nitrogens with zero attached hydrogens (tertiary/aromatic N) is 1. The SMILES string of the molecule is O=C(N/N=C1/CCCc2oc(C(=O)[O-])cc21)c1ccccc1. The number of carboxylic acids is 1. The zero-order valence-corrected chi connectivity index (χ0v) is 11.7. The molecular weight excluding hydrogens is 284 g/mol. The topological polar surface area (TPSA) is 94.7 Å². The lowest BCUT2D eigenvalue weighted by Gasteiger charge is -2.12. The molecule has 0 unspecified atom stereocenters. The first-order valence-corrected chi connectivity index (χ1v) is 6.91. The summed E-state index contributed by atoms with van der Waals surface area (Å²) in [6.45, 7) is 0. The number of hydrazone groups is 1. The Kier molecular flexibility index (Phi) is 3.74. The fourth-order valence-corrected chi connectivity index (χ4v) is 2.40. The minimum Gasteiger partial charge on any atom is -0.542 e. The van der Waals surface area contributed by atoms with Crippen molar-refractivity contribution in [3.8, 4) is 0 Å². The number of hydrogen-bond acceptors (Lipinski definition) is 5. The number of aromatic carboxylic acids is 1. The van der Waals surface area contributed by atoms with E-state index in [1.807, 2.05) is 6.07 Å². The van der Waals surface area contributed by atoms with E-state index in [2.05, 4.69) is 10.5 Å². The van der Waals surface area contributed by atoms with E-state index in [1.165, 1.54) is 6.07 Å². The standard InChI is InChI=1S/C16H14N2O4/c19-15(10-5-2-1-3-6-10)18-17-12-7-4-8-13-11(12)9-14(22-13)16(20)21/h1-3,5-6,9H,4,7-8H2,(H,18,19)(H,20,21)/p-1/b17-12-. The van der Waals surface area contributed by atoms with Crippen LogP contribution in [0.5, 0.6) is 0 Å². The van der Waals surface area contributed by atoms with Crippen molar-refractivity contribution in [2.24, 2.45) is 5.10 Å². The molecular formula is C16H13N2O4-. The zero-order valence-electron chi connectivity index (χ0n) is 11.7. The second kappa shape index (κ2) is 5.85. The van der Waals surface area contributed by atoms with Crippen molar-refractivity contribution in [1.82, 2.24) is 5.43 Å². The summed E-state index contributed by atoms with van der Waals surface area (Å²) in [7, 11) is 0. The molecule has 1 aromatic carbocycles. The zero-order chi connectivity index (χ0) is 15.5. The van der Waals surface area contributed by atoms with E-state index in [0.29, 0.717) is 35.4 Å². The molecule has 1 N–H and O–H groups in total. The van der Waals surface area contributed by atoms with Crippen molar-refractivity contribution in [2.45, 2.75) is 19.3 Å². The van der Waals surface area contributed by atoms with E-state index in [9.17, 15) is 14.7 Å². The van der Waals surface area contributed by atoms with Crippen LogP contribution in [0.3, 0.4) is 0 Å². The molecule has 1 aromatic heterocycles. The monoisotopic (exact) mass is 297 g/mol. The summed E-state index contributed by atoms with van der Waals surface area (Å²) in [5, 5.41) is 15.0. The third kappa shape index (κ3) is 2.76. The van der Waals surface area contributed by atoms with Crippen molar-refractivity contribution in [3.63, 3.8) is 0 Å². The molecule has 0 bridgehead atoms. The summed E-state index contributed by atoms with van der Waals surface area (Å²) in [4.78, 5) is 22.8. The largest absolute Gasteiger partial charge is 0.542 e. The number of rotatable bonds is 3. The Bertz CT molecular complexity index is 747. The van der Waals surface area contributed by atoms with Gasteiger partial charge in [-0.2, -0.15) is 5.10 Å². The van der Waals surface area contributed by atoms with Crippen LogP contribution in [0.2, 0.25) is 0 Å². The van der Waals surface area contributed by atoms with Gasteiger partial charge >= 0.3 is 0 Å². The highest BCUT2D eigenvalue weighted by molar-refractivity contribution is 6.04. The minimum atomic E-state index is -1.36. The van der Waals surface area contributed by atoms with Gasteiger partial charge in [-0.15, -0.1) is 0 Å². The summed E-state index contributed by atoms with van der Waals surface area (Å²) in [5.41, 5.74) is 4.23. The Hall–Kier alpha value is -2.89. The minimum absolute atomic E-state index is 0.214. The van der Waals surface area contributed by atoms with E-state index in [0.717, 1.165) is 6.42 Å². The predicted octanol–water partition coefficient (Wildman–Crippen LogP) is 1.11. The van der Waals surface area contributed by atoms with E-state index in [4.69, 9.17) is 4.42 Å². The number of furan rings is 1. The van der Waals surface area contributed by atoms with Crippen LogP contribution in [0.1, 0.15) is 45.1 Å². The molecule has 112 valence electrons. The molecule has 0 saturated heterocycles. The maximum Gasteiger partial charge on any atom is 0.271 e. The molecule has 1 heterocycles. The lowest BCUT2D eigenvalue weighted by atomic mass is 9.96. The van der Waals surface area contributed by atoms with E-state index >= 15 is 0 Å². The third-order valence-electron chi connectivity index (χ3n) is 3.47. The number of carbonyl (C=O) groups excluding carboxylic acids is 2. The summed E-state index contributed by atoms with van der Waals surface area (Å²) in [5.74, 6) is -1.32. The number of aryl methyl sites for hydroxylation is 1. The van der Waals surface area contributed by atoms with Gasteiger partial charge in [-0.3, -0.25) is 4.79 Å². The lowest BCUT2D eigenvalue weighted by Crippen LogP contribution is -2.22. The van der Waals surface area contributed by atoms with Crippen LogP contribution < -0.4 is 10.5 Å². The maximum absolute atomic E-state index is 12.0. The molecule has 0 saturated carbocycles. The number of fused-ring (bicyclic) bond motifs is 1. The maximum atomic E-state index is 12.0. The highest BCUT2D eigenvalue weighted by Gasteiger charge is 2.21. The summed E-state index contributed by atoms with van der Waals surface area (Å²) in [6, 6.07) is 10.1. The fraction of sp³-hybridized carbons (Fsp3) is 0.188. The Balaban J connectivity index is 1.82. The van der Waals surface area contributed by atoms with E-state index in [1.54, 1.807) is 24.3 Å². The normalized spacial score (nSPS) is 15.4. The van der Waals surface area contributed by atoms with Crippen LogP contribution in [-0.4, -0.2) is 17.6 Å². The third-order valence-corrected chi connectivity index (χ3v) is 3.47. The molecule has 2 aromatic rings. The molecule has 1 aliphatic rings. The van der Waals surface area contributed by atoms with Crippen molar-refractivity contribution in [1.29, 1.82) is 0 Å². The van der Waals surface area contributed by atoms with Gasteiger partial charge in [0.25, 0.3) is 5.91 Å². The fourth-order valence-electron chi connectivity index (χ4n) is 2.40. The Morgan fingerprint density at radius 3 is 2.68 bits per heavy atom. The molecule has 3 rings (SSSR count). The van der Waals surface area contributed by atoms with Gasteiger partial charge in [0.2, 0.25) is 0 Å². The number of benzene rings is 1. The number of amides is 1. The highest BCUT2D eigenvalue weighted by Crippen LogP contribution is 2.25. The first kappa shape index (κ1) is 14.1. The van der Waals surface area contributed by atoms with Gasteiger partial charge in [-0.25, -0.2) is 5.43 Å². The van der Waals surface area contributed by atoms with Crippen LogP contribution >= 0.6 is 0 Å². The smallest absolute Gasteiger partial charge is 0.271 e. The van der Waals surface area contributed by atoms with Crippen molar-refractivity contribution >= 4 is 17.6 Å². The molecule has 1 amide bonds. The number of hydrogen-bond donors (Lipinski definition) is 1. The second-order valence-corrected chi connectivity index (χ2v) is 4.95. The number of carboxylic acid groups (broad SMARTS) is 1. The Morgan fingerprint density at radius 2 is 1.95 bits per heavy atom. The van der Waals surface area contributed by atoms with Gasteiger partial charge in [0.05, 0.1) is 5.71 Å². The van der Waals surface area contributed by atoms with Crippen LogP contribution in [-0.2, 0) is 6.42 Å². The van der Waals surface area contributed by atoms with Crippen molar-refractivity contribution in [3.05, 3.63) is 59.0 Å². The van der Waals surface area contributed by atoms with Gasteiger partial charge in [-0.1, -0.05) is 18.2 Å². The van der Waals surface area contributed by atoms with Gasteiger partial charge in [0.15, 0.2) is 0 Å². The van der Waals surface area contributed by atoms with Crippen LogP contribution in [0.4, 0.5) is 0 Å². The van der Waals surface area contributed by atoms with Gasteiger partial charge in [0, 0.05) is 17.5 Å². The van der Waals surface area contributed by atoms with Gasteiger partial charge in [0.1, 0.15) is 17.5 Å². The van der Waals surface area contributed by atoms with Crippen LogP contribution in [0.15, 0.2) is 45.9 Å². The summed E-state index contributed by atoms with van der Waals surface area (Å²) < 4.78 is 5.23. The predicted molar refractivity (Wildman–Crippen MR) is 76.4 cm³/mol. The molecule has 0 fully saturated rings. The molecule has 0 spiro atoms. The molecule has 0 radical (unpaired) electrons. The first-order valence-electron chi connectivity index (χ1n) is 6.91. The average molecular weight is 297 g/mol. The number of nitrogens with one attached hydrogen (secondary N) is 1. The van der Waals surface area contributed by atoms with Crippen molar-refractivity contribution < 1.29 is 19.1 Å². The quantitative estimate of drug-likeness (QED) is 0.859. The second-order valence-electron chi connectivity index (χ2n) is 4.95. The summed E-state index contributed by atoms with van der Waals surface area (Å²) in [6.07, 6.45) is 2.08. The Morgan fingerprint density at radius 1 is 1.18 bits per heavy atom. The molecule has 0 atom stereocenters. The lowest BCUT2D eigenvalue weighted by molar-refractivity contribution is -0.257. The number of carbonyl (C=O) groups is 2. The molecule has 0 aliphatic heterocycles. The summed E-state index contributed by atoms with van der Waals surface area (Å²) >= 11 is 0. The van der Waals surface area contributed by atoms with Gasteiger partial charge in [-0.05, 0) is 31.0 Å². The molecule has 6 nitrogen and oxygen atoms in total. The molecule has 1 aliphatic carbocycles. The first-order chi connectivity index (χ1) is 10.6.